The maximum Gasteiger partial charge on any atom is 0.272 e. The molecule has 20 heavy (non-hydrogen) atoms. The summed E-state index contributed by atoms with van der Waals surface area (Å²) in [7, 11) is 0. The van der Waals surface area contributed by atoms with Gasteiger partial charge in [0.2, 0.25) is 0 Å². The topological polar surface area (TPSA) is 45.2 Å². The monoisotopic (exact) mass is 275 g/mol. The largest absolute Gasteiger partial charge is 0.370 e. The fourth-order valence-electron chi connectivity index (χ4n) is 2.88. The van der Waals surface area contributed by atoms with Crippen molar-refractivity contribution >= 4 is 11.7 Å². The average Bonchev–Trinajstić information content (AvgIpc) is 2.48. The number of carbonyl (C=O) groups is 1. The molecule has 1 atom stereocenters. The predicted molar refractivity (Wildman–Crippen MR) is 82.0 cm³/mol. The number of amides is 1. The van der Waals surface area contributed by atoms with Crippen LogP contribution in [-0.2, 0) is 0 Å². The molecule has 1 aromatic heterocycles. The maximum atomic E-state index is 12.7. The average molecular weight is 275 g/mol. The lowest BCUT2D eigenvalue weighted by molar-refractivity contribution is 0.0595. The number of nitrogens with one attached hydrogen (secondary N) is 1. The van der Waals surface area contributed by atoms with Crippen LogP contribution in [0.15, 0.2) is 18.2 Å². The minimum Gasteiger partial charge on any atom is -0.370 e. The van der Waals surface area contributed by atoms with Gasteiger partial charge in [-0.2, -0.15) is 0 Å². The molecule has 4 nitrogen and oxygen atoms in total. The molecule has 1 aliphatic rings. The standard InChI is InChI=1S/C16H25N3O/c1-3-8-13-9-5-6-12-19(13)16(20)14-10-7-11-15(18-14)17-4-2/h7,10-11,13H,3-6,8-9,12H2,1-2H3,(H,17,18). The summed E-state index contributed by atoms with van der Waals surface area (Å²) < 4.78 is 0. The Kier molecular flexibility index (Phi) is 5.39. The Hall–Kier alpha value is -1.58. The molecule has 1 N–H and O–H groups in total. The van der Waals surface area contributed by atoms with Gasteiger partial charge in [0.25, 0.3) is 5.91 Å². The predicted octanol–water partition coefficient (Wildman–Crippen LogP) is 3.31. The molecule has 1 aromatic rings. The van der Waals surface area contributed by atoms with E-state index in [4.69, 9.17) is 0 Å². The van der Waals surface area contributed by atoms with Crippen LogP contribution < -0.4 is 5.32 Å². The summed E-state index contributed by atoms with van der Waals surface area (Å²) >= 11 is 0. The van der Waals surface area contributed by atoms with E-state index in [-0.39, 0.29) is 5.91 Å². The van der Waals surface area contributed by atoms with Crippen LogP contribution in [0, 0.1) is 0 Å². The number of anilines is 1. The first-order valence-corrected chi connectivity index (χ1v) is 7.78. The first kappa shape index (κ1) is 14.8. The van der Waals surface area contributed by atoms with Crippen molar-refractivity contribution in [1.82, 2.24) is 9.88 Å². The van der Waals surface area contributed by atoms with Crippen LogP contribution in [0.25, 0.3) is 0 Å². The van der Waals surface area contributed by atoms with Crippen LogP contribution in [0.4, 0.5) is 5.82 Å². The number of likely N-dealkylation sites (tertiary alicyclic amines) is 1. The minimum absolute atomic E-state index is 0.0860. The van der Waals surface area contributed by atoms with Gasteiger partial charge in [-0.3, -0.25) is 4.79 Å². The first-order valence-electron chi connectivity index (χ1n) is 7.78. The lowest BCUT2D eigenvalue weighted by Crippen LogP contribution is -2.44. The van der Waals surface area contributed by atoms with Gasteiger partial charge in [-0.1, -0.05) is 19.4 Å². The molecule has 1 aliphatic heterocycles. The summed E-state index contributed by atoms with van der Waals surface area (Å²) in [6.45, 7) is 5.89. The second-order valence-electron chi connectivity index (χ2n) is 5.38. The van der Waals surface area contributed by atoms with Gasteiger partial charge in [0.05, 0.1) is 0 Å². The Bertz CT molecular complexity index is 445. The molecule has 0 radical (unpaired) electrons. The molecule has 1 unspecified atom stereocenters. The van der Waals surface area contributed by atoms with Gasteiger partial charge in [0.1, 0.15) is 11.5 Å². The molecule has 2 rings (SSSR count). The Morgan fingerprint density at radius 2 is 2.25 bits per heavy atom. The van der Waals surface area contributed by atoms with E-state index in [1.807, 2.05) is 30.0 Å². The molecule has 0 bridgehead atoms. The van der Waals surface area contributed by atoms with Gasteiger partial charge in [-0.05, 0) is 44.7 Å². The molecular weight excluding hydrogens is 250 g/mol. The lowest BCUT2D eigenvalue weighted by atomic mass is 9.98. The molecule has 0 aromatic carbocycles. The Labute approximate surface area is 121 Å². The molecule has 4 heteroatoms. The molecule has 0 aliphatic carbocycles. The number of hydrogen-bond acceptors (Lipinski definition) is 3. The third kappa shape index (κ3) is 3.50. The Balaban J connectivity index is 2.13. The molecule has 0 spiro atoms. The van der Waals surface area contributed by atoms with Gasteiger partial charge in [0, 0.05) is 19.1 Å². The molecule has 0 saturated carbocycles. The van der Waals surface area contributed by atoms with Crippen molar-refractivity contribution in [3.05, 3.63) is 23.9 Å². The summed E-state index contributed by atoms with van der Waals surface area (Å²) in [5.41, 5.74) is 0.562. The van der Waals surface area contributed by atoms with Gasteiger partial charge in [0.15, 0.2) is 0 Å². The van der Waals surface area contributed by atoms with Crippen molar-refractivity contribution in [1.29, 1.82) is 0 Å². The smallest absolute Gasteiger partial charge is 0.272 e. The molecule has 2 heterocycles. The van der Waals surface area contributed by atoms with Gasteiger partial charge >= 0.3 is 0 Å². The molecule has 1 fully saturated rings. The Morgan fingerprint density at radius 1 is 1.40 bits per heavy atom. The molecule has 1 amide bonds. The van der Waals surface area contributed by atoms with Crippen molar-refractivity contribution in [3.8, 4) is 0 Å². The number of nitrogens with zero attached hydrogens (tertiary/aromatic N) is 2. The van der Waals surface area contributed by atoms with Gasteiger partial charge < -0.3 is 10.2 Å². The van der Waals surface area contributed by atoms with E-state index < -0.39 is 0 Å². The highest BCUT2D eigenvalue weighted by Gasteiger charge is 2.27. The van der Waals surface area contributed by atoms with Crippen molar-refractivity contribution in [2.45, 2.75) is 52.0 Å². The summed E-state index contributed by atoms with van der Waals surface area (Å²) in [6.07, 6.45) is 5.70. The molecular formula is C16H25N3O. The maximum absolute atomic E-state index is 12.7. The highest BCUT2D eigenvalue weighted by molar-refractivity contribution is 5.93. The highest BCUT2D eigenvalue weighted by Crippen LogP contribution is 2.22. The second kappa shape index (κ2) is 7.27. The van der Waals surface area contributed by atoms with E-state index in [1.54, 1.807) is 0 Å². The van der Waals surface area contributed by atoms with E-state index in [9.17, 15) is 4.79 Å². The summed E-state index contributed by atoms with van der Waals surface area (Å²) in [4.78, 5) is 19.1. The SMILES string of the molecule is CCCC1CCCCN1C(=O)c1cccc(NCC)n1. The number of piperidine rings is 1. The zero-order chi connectivity index (χ0) is 14.4. The van der Waals surface area contributed by atoms with E-state index in [0.717, 1.165) is 44.6 Å². The Morgan fingerprint density at radius 3 is 3.00 bits per heavy atom. The van der Waals surface area contributed by atoms with Crippen molar-refractivity contribution in [3.63, 3.8) is 0 Å². The number of aromatic nitrogens is 1. The lowest BCUT2D eigenvalue weighted by Gasteiger charge is -2.35. The third-order valence-corrected chi connectivity index (χ3v) is 3.84. The van der Waals surface area contributed by atoms with Crippen LogP contribution in [0.3, 0.4) is 0 Å². The fraction of sp³-hybridized carbons (Fsp3) is 0.625. The van der Waals surface area contributed by atoms with Crippen LogP contribution in [0.1, 0.15) is 56.4 Å². The van der Waals surface area contributed by atoms with Crippen LogP contribution in [-0.4, -0.2) is 34.9 Å². The van der Waals surface area contributed by atoms with Gasteiger partial charge in [-0.25, -0.2) is 4.98 Å². The van der Waals surface area contributed by atoms with E-state index in [1.165, 1.54) is 6.42 Å². The van der Waals surface area contributed by atoms with Crippen molar-refractivity contribution in [2.24, 2.45) is 0 Å². The zero-order valence-corrected chi connectivity index (χ0v) is 12.6. The zero-order valence-electron chi connectivity index (χ0n) is 12.6. The highest BCUT2D eigenvalue weighted by atomic mass is 16.2. The number of hydrogen-bond donors (Lipinski definition) is 1. The fourth-order valence-corrected chi connectivity index (χ4v) is 2.88. The second-order valence-corrected chi connectivity index (χ2v) is 5.38. The number of rotatable bonds is 5. The van der Waals surface area contributed by atoms with Crippen LogP contribution in [0.2, 0.25) is 0 Å². The van der Waals surface area contributed by atoms with E-state index >= 15 is 0 Å². The quantitative estimate of drug-likeness (QED) is 0.896. The van der Waals surface area contributed by atoms with E-state index in [2.05, 4.69) is 17.2 Å². The summed E-state index contributed by atoms with van der Waals surface area (Å²) in [6, 6.07) is 6.02. The van der Waals surface area contributed by atoms with Crippen LogP contribution in [0.5, 0.6) is 0 Å². The summed E-state index contributed by atoms with van der Waals surface area (Å²) in [5, 5.41) is 3.16. The number of carbonyl (C=O) groups excluding carboxylic acids is 1. The third-order valence-electron chi connectivity index (χ3n) is 3.84. The molecule has 1 saturated heterocycles. The number of pyridine rings is 1. The van der Waals surface area contributed by atoms with E-state index in [0.29, 0.717) is 11.7 Å². The normalized spacial score (nSPS) is 18.9. The van der Waals surface area contributed by atoms with Crippen LogP contribution >= 0.6 is 0 Å². The molecule has 110 valence electrons. The first-order chi connectivity index (χ1) is 9.76. The minimum atomic E-state index is 0.0860. The van der Waals surface area contributed by atoms with Gasteiger partial charge in [-0.15, -0.1) is 0 Å². The van der Waals surface area contributed by atoms with Crippen molar-refractivity contribution in [2.75, 3.05) is 18.4 Å². The van der Waals surface area contributed by atoms with Crippen molar-refractivity contribution < 1.29 is 4.79 Å². The summed E-state index contributed by atoms with van der Waals surface area (Å²) in [5.74, 6) is 0.866.